The number of fused-ring (bicyclic) bond motifs is 1. The Kier molecular flexibility index (Phi) is 6.76. The van der Waals surface area contributed by atoms with Gasteiger partial charge in [-0.05, 0) is 31.5 Å². The van der Waals surface area contributed by atoms with Crippen molar-refractivity contribution in [2.75, 3.05) is 36.5 Å². The number of benzene rings is 1. The number of ether oxygens (including phenoxy) is 3. The van der Waals surface area contributed by atoms with Crippen LogP contribution in [0, 0.1) is 12.7 Å². The van der Waals surface area contributed by atoms with Gasteiger partial charge in [-0.2, -0.15) is 8.78 Å². The number of alkyl halides is 2. The number of anilines is 2. The quantitative estimate of drug-likeness (QED) is 0.526. The molecule has 1 atom stereocenters. The van der Waals surface area contributed by atoms with Crippen molar-refractivity contribution in [2.24, 2.45) is 0 Å². The third-order valence-corrected chi connectivity index (χ3v) is 6.10. The van der Waals surface area contributed by atoms with E-state index in [2.05, 4.69) is 19.9 Å². The van der Waals surface area contributed by atoms with Gasteiger partial charge in [0.25, 0.3) is 0 Å². The number of nitrogens with zero attached hydrogens (tertiary/aromatic N) is 4. The summed E-state index contributed by atoms with van der Waals surface area (Å²) in [5.74, 6) is 0.485. The van der Waals surface area contributed by atoms with Gasteiger partial charge in [0.15, 0.2) is 23.2 Å². The summed E-state index contributed by atoms with van der Waals surface area (Å²) in [5, 5.41) is 3.49. The minimum atomic E-state index is -3.01. The second-order valence-corrected chi connectivity index (χ2v) is 8.69. The van der Waals surface area contributed by atoms with E-state index in [4.69, 9.17) is 19.4 Å². The average Bonchev–Trinajstić information content (AvgIpc) is 3.34. The molecule has 2 fully saturated rings. The number of nitrogens with one attached hydrogen (secondary N) is 1. The van der Waals surface area contributed by atoms with Gasteiger partial charge in [0.1, 0.15) is 17.4 Å². The van der Waals surface area contributed by atoms with Crippen LogP contribution in [-0.2, 0) is 4.74 Å². The first kappa shape index (κ1) is 23.4. The van der Waals surface area contributed by atoms with Crippen molar-refractivity contribution in [3.8, 4) is 11.5 Å². The number of hydrogen-bond donors (Lipinski definition) is 1. The summed E-state index contributed by atoms with van der Waals surface area (Å²) < 4.78 is 54.6. The van der Waals surface area contributed by atoms with E-state index in [-0.39, 0.29) is 23.6 Å². The van der Waals surface area contributed by atoms with Gasteiger partial charge >= 0.3 is 6.61 Å². The zero-order valence-electron chi connectivity index (χ0n) is 19.2. The van der Waals surface area contributed by atoms with Crippen LogP contribution in [0.15, 0.2) is 30.5 Å². The van der Waals surface area contributed by atoms with Crippen molar-refractivity contribution in [1.82, 2.24) is 15.0 Å². The second-order valence-electron chi connectivity index (χ2n) is 8.69. The van der Waals surface area contributed by atoms with Crippen LogP contribution in [0.4, 0.5) is 24.8 Å². The minimum Gasteiger partial charge on any atom is -0.487 e. The van der Waals surface area contributed by atoms with E-state index in [0.717, 1.165) is 29.5 Å². The molecule has 2 aliphatic heterocycles. The van der Waals surface area contributed by atoms with Crippen molar-refractivity contribution in [2.45, 2.75) is 44.9 Å². The Morgan fingerprint density at radius 1 is 1.11 bits per heavy atom. The molecule has 0 unspecified atom stereocenters. The number of hydrogen-bond acceptors (Lipinski definition) is 8. The monoisotopic (exact) mass is 489 g/mol. The molecule has 5 rings (SSSR count). The van der Waals surface area contributed by atoms with Crippen LogP contribution in [0.5, 0.6) is 11.5 Å². The standard InChI is InChI=1S/C24H26F3N5O3/c1-14-10-19-20(12-28-14)31-23(22(30-19)29-15-6-9-33-13-15)32-7-4-16(5-8-32)34-21-3-2-17(11-18(21)25)35-24(26)27/h2-3,10-12,15-16,24H,4-9,13H2,1H3,(H,29,30)/t15-/m0/s1. The summed E-state index contributed by atoms with van der Waals surface area (Å²) in [7, 11) is 0. The summed E-state index contributed by atoms with van der Waals surface area (Å²) in [4.78, 5) is 16.2. The van der Waals surface area contributed by atoms with Crippen molar-refractivity contribution in [3.05, 3.63) is 42.0 Å². The third kappa shape index (κ3) is 5.50. The third-order valence-electron chi connectivity index (χ3n) is 6.10. The summed E-state index contributed by atoms with van der Waals surface area (Å²) in [6, 6.07) is 5.57. The minimum absolute atomic E-state index is 0.0144. The highest BCUT2D eigenvalue weighted by Gasteiger charge is 2.27. The Morgan fingerprint density at radius 3 is 2.66 bits per heavy atom. The maximum Gasteiger partial charge on any atom is 0.387 e. The van der Waals surface area contributed by atoms with Crippen LogP contribution in [0.25, 0.3) is 11.0 Å². The van der Waals surface area contributed by atoms with Gasteiger partial charge < -0.3 is 24.4 Å². The smallest absolute Gasteiger partial charge is 0.387 e. The zero-order chi connectivity index (χ0) is 24.4. The molecule has 0 saturated carbocycles. The number of piperidine rings is 1. The van der Waals surface area contributed by atoms with Crippen LogP contribution >= 0.6 is 0 Å². The Labute approximate surface area is 200 Å². The fraction of sp³-hybridized carbons (Fsp3) is 0.458. The van der Waals surface area contributed by atoms with Crippen molar-refractivity contribution in [1.29, 1.82) is 0 Å². The van der Waals surface area contributed by atoms with E-state index in [1.807, 2.05) is 13.0 Å². The van der Waals surface area contributed by atoms with Crippen LogP contribution in [0.1, 0.15) is 25.0 Å². The van der Waals surface area contributed by atoms with Gasteiger partial charge in [-0.1, -0.05) is 0 Å². The van der Waals surface area contributed by atoms with E-state index in [1.165, 1.54) is 12.1 Å². The molecule has 0 amide bonds. The summed E-state index contributed by atoms with van der Waals surface area (Å²) in [5.41, 5.74) is 2.36. The maximum absolute atomic E-state index is 14.3. The SMILES string of the molecule is Cc1cc2nc(N[C@H]3CCOC3)c(N3CCC(Oc4ccc(OC(F)F)cc4F)CC3)nc2cn1. The molecule has 2 saturated heterocycles. The number of rotatable bonds is 7. The molecular weight excluding hydrogens is 463 g/mol. The fourth-order valence-electron chi connectivity index (χ4n) is 4.33. The number of halogens is 3. The fourth-order valence-corrected chi connectivity index (χ4v) is 4.33. The Bertz CT molecular complexity index is 1180. The first-order valence-electron chi connectivity index (χ1n) is 11.6. The predicted octanol–water partition coefficient (Wildman–Crippen LogP) is 4.32. The van der Waals surface area contributed by atoms with Gasteiger partial charge in [-0.15, -0.1) is 0 Å². The highest BCUT2D eigenvalue weighted by Crippen LogP contribution is 2.31. The van der Waals surface area contributed by atoms with E-state index in [9.17, 15) is 13.2 Å². The normalized spacial score (nSPS) is 18.9. The molecule has 0 bridgehead atoms. The number of aryl methyl sites for hydroxylation is 1. The van der Waals surface area contributed by atoms with E-state index in [1.54, 1.807) is 6.20 Å². The molecule has 11 heteroatoms. The molecule has 1 N–H and O–H groups in total. The first-order valence-corrected chi connectivity index (χ1v) is 11.6. The predicted molar refractivity (Wildman–Crippen MR) is 124 cm³/mol. The van der Waals surface area contributed by atoms with E-state index >= 15 is 0 Å². The lowest BCUT2D eigenvalue weighted by Crippen LogP contribution is -2.39. The summed E-state index contributed by atoms with van der Waals surface area (Å²) in [6.07, 6.45) is 3.67. The molecule has 2 aliphatic rings. The van der Waals surface area contributed by atoms with Crippen LogP contribution in [0.3, 0.4) is 0 Å². The van der Waals surface area contributed by atoms with E-state index < -0.39 is 12.4 Å². The topological polar surface area (TPSA) is 81.6 Å². The van der Waals surface area contributed by atoms with Gasteiger partial charge in [0.05, 0.1) is 24.4 Å². The van der Waals surface area contributed by atoms with Gasteiger partial charge in [-0.3, -0.25) is 4.98 Å². The number of aromatic nitrogens is 3. The lowest BCUT2D eigenvalue weighted by Gasteiger charge is -2.34. The Hall–Kier alpha value is -3.34. The Morgan fingerprint density at radius 2 is 1.94 bits per heavy atom. The maximum atomic E-state index is 14.3. The zero-order valence-corrected chi connectivity index (χ0v) is 19.2. The second kappa shape index (κ2) is 10.1. The first-order chi connectivity index (χ1) is 16.9. The lowest BCUT2D eigenvalue weighted by molar-refractivity contribution is -0.0500. The lowest BCUT2D eigenvalue weighted by atomic mass is 10.1. The van der Waals surface area contributed by atoms with Gasteiger partial charge in [0, 0.05) is 44.3 Å². The molecule has 3 aromatic rings. The molecule has 1 aromatic carbocycles. The Balaban J connectivity index is 1.29. The van der Waals surface area contributed by atoms with Crippen molar-refractivity contribution in [3.63, 3.8) is 0 Å². The molecule has 0 radical (unpaired) electrons. The molecule has 8 nitrogen and oxygen atoms in total. The molecule has 4 heterocycles. The molecule has 0 aliphatic carbocycles. The van der Waals surface area contributed by atoms with Crippen LogP contribution in [0.2, 0.25) is 0 Å². The summed E-state index contributed by atoms with van der Waals surface area (Å²) in [6.45, 7) is 1.51. The van der Waals surface area contributed by atoms with Crippen molar-refractivity contribution < 1.29 is 27.4 Å². The van der Waals surface area contributed by atoms with Crippen molar-refractivity contribution >= 4 is 22.7 Å². The van der Waals surface area contributed by atoms with Crippen LogP contribution in [-0.4, -0.2) is 60.0 Å². The largest absolute Gasteiger partial charge is 0.487 e. The molecule has 35 heavy (non-hydrogen) atoms. The summed E-state index contributed by atoms with van der Waals surface area (Å²) >= 11 is 0. The van der Waals surface area contributed by atoms with Gasteiger partial charge in [0.2, 0.25) is 0 Å². The molecule has 186 valence electrons. The van der Waals surface area contributed by atoms with E-state index in [0.29, 0.717) is 50.5 Å². The molecule has 0 spiro atoms. The molecular formula is C24H26F3N5O3. The van der Waals surface area contributed by atoms with Crippen LogP contribution < -0.4 is 19.7 Å². The van der Waals surface area contributed by atoms with Gasteiger partial charge in [-0.25, -0.2) is 14.4 Å². The average molecular weight is 489 g/mol. The molecule has 2 aromatic heterocycles. The highest BCUT2D eigenvalue weighted by atomic mass is 19.3. The highest BCUT2D eigenvalue weighted by molar-refractivity contribution is 5.80. The number of pyridine rings is 1.